The number of alkyl halides is 3. The Morgan fingerprint density at radius 2 is 1.96 bits per heavy atom. The quantitative estimate of drug-likeness (QED) is 0.436. The fourth-order valence-electron chi connectivity index (χ4n) is 2.07. The number of nitrogens with one attached hydrogen (secondary N) is 2. The van der Waals surface area contributed by atoms with Crippen molar-refractivity contribution in [2.24, 2.45) is 0 Å². The highest BCUT2D eigenvalue weighted by Gasteiger charge is 2.30. The monoisotopic (exact) mass is 360 g/mol. The van der Waals surface area contributed by atoms with E-state index in [1.54, 1.807) is 24.3 Å². The number of amides is 1. The lowest BCUT2D eigenvalue weighted by Crippen LogP contribution is -2.15. The van der Waals surface area contributed by atoms with Gasteiger partial charge in [-0.15, -0.1) is 0 Å². The minimum Gasteiger partial charge on any atom is -0.397 e. The van der Waals surface area contributed by atoms with Gasteiger partial charge in [-0.1, -0.05) is 12.1 Å². The van der Waals surface area contributed by atoms with Crippen molar-refractivity contribution in [2.45, 2.75) is 13.1 Å². The number of hydrogen-bond donors (Lipinski definition) is 3. The topological polar surface area (TPSA) is 90.9 Å². The van der Waals surface area contributed by atoms with Crippen LogP contribution in [-0.4, -0.2) is 5.91 Å². The Morgan fingerprint density at radius 1 is 1.23 bits per heavy atom. The number of nitrogens with zero attached hydrogens (tertiary/aromatic N) is 1. The number of aryl methyl sites for hydroxylation is 1. The third-order valence-corrected chi connectivity index (χ3v) is 3.39. The van der Waals surface area contributed by atoms with E-state index >= 15 is 0 Å². The number of rotatable bonds is 4. The van der Waals surface area contributed by atoms with E-state index < -0.39 is 17.6 Å². The molecule has 2 aromatic rings. The molecule has 0 spiro atoms. The zero-order valence-corrected chi connectivity index (χ0v) is 13.7. The summed E-state index contributed by atoms with van der Waals surface area (Å²) >= 11 is 0. The summed E-state index contributed by atoms with van der Waals surface area (Å²) in [5.41, 5.74) is 6.35. The molecule has 0 bridgehead atoms. The van der Waals surface area contributed by atoms with Crippen LogP contribution in [-0.2, 0) is 11.0 Å². The van der Waals surface area contributed by atoms with Crippen LogP contribution in [0.1, 0.15) is 11.1 Å². The molecule has 0 aliphatic rings. The number of nitrogen functional groups attached to an aromatic ring is 1. The summed E-state index contributed by atoms with van der Waals surface area (Å²) in [6.45, 7) is 1.85. The van der Waals surface area contributed by atoms with Gasteiger partial charge >= 0.3 is 6.18 Å². The highest BCUT2D eigenvalue weighted by Crippen LogP contribution is 2.30. The molecule has 5 nitrogen and oxygen atoms in total. The van der Waals surface area contributed by atoms with Crippen LogP contribution in [0.2, 0.25) is 0 Å². The van der Waals surface area contributed by atoms with Gasteiger partial charge in [0.15, 0.2) is 0 Å². The van der Waals surface area contributed by atoms with Gasteiger partial charge in [0.1, 0.15) is 11.6 Å². The molecule has 0 saturated carbocycles. The van der Waals surface area contributed by atoms with Crippen LogP contribution in [0.4, 0.5) is 30.2 Å². The number of nitriles is 1. The Kier molecular flexibility index (Phi) is 5.52. The molecule has 0 aromatic heterocycles. The summed E-state index contributed by atoms with van der Waals surface area (Å²) in [6, 6.07) is 11.0. The summed E-state index contributed by atoms with van der Waals surface area (Å²) in [4.78, 5) is 12.1. The Hall–Kier alpha value is -3.47. The van der Waals surface area contributed by atoms with Crippen LogP contribution < -0.4 is 16.4 Å². The van der Waals surface area contributed by atoms with Crippen molar-refractivity contribution in [3.63, 3.8) is 0 Å². The number of anilines is 3. The van der Waals surface area contributed by atoms with Crippen molar-refractivity contribution in [3.05, 3.63) is 65.4 Å². The normalized spacial score (nSPS) is 11.6. The van der Waals surface area contributed by atoms with E-state index in [4.69, 9.17) is 11.0 Å². The summed E-state index contributed by atoms with van der Waals surface area (Å²) in [7, 11) is 0. The largest absolute Gasteiger partial charge is 0.416 e. The van der Waals surface area contributed by atoms with Crippen LogP contribution in [0.15, 0.2) is 54.2 Å². The highest BCUT2D eigenvalue weighted by molar-refractivity contribution is 6.06. The van der Waals surface area contributed by atoms with Gasteiger partial charge in [-0.2, -0.15) is 18.4 Å². The van der Waals surface area contributed by atoms with E-state index in [0.717, 1.165) is 23.9 Å². The minimum absolute atomic E-state index is 0.0685. The van der Waals surface area contributed by atoms with Crippen molar-refractivity contribution >= 4 is 23.0 Å². The van der Waals surface area contributed by atoms with Gasteiger partial charge in [0.2, 0.25) is 0 Å². The minimum atomic E-state index is -4.53. The second-order valence-corrected chi connectivity index (χ2v) is 5.44. The molecule has 1 amide bonds. The average molecular weight is 360 g/mol. The molecule has 0 fully saturated rings. The molecular formula is C18H15F3N4O. The fourth-order valence-corrected chi connectivity index (χ4v) is 2.07. The van der Waals surface area contributed by atoms with Crippen molar-refractivity contribution in [3.8, 4) is 6.07 Å². The average Bonchev–Trinajstić information content (AvgIpc) is 2.58. The molecule has 4 N–H and O–H groups in total. The maximum atomic E-state index is 12.7. The van der Waals surface area contributed by atoms with Gasteiger partial charge in [0.25, 0.3) is 5.91 Å². The standard InChI is InChI=1S/C18H15F3N4O/c1-11-5-6-15(23)16(7-11)24-10-12(9-22)17(26)25-14-4-2-3-13(8-14)18(19,20)21/h2-8,10,24H,23H2,1H3,(H,25,26)/b12-10-. The van der Waals surface area contributed by atoms with Crippen LogP contribution in [0.3, 0.4) is 0 Å². The van der Waals surface area contributed by atoms with E-state index in [9.17, 15) is 18.0 Å². The smallest absolute Gasteiger partial charge is 0.397 e. The second-order valence-electron chi connectivity index (χ2n) is 5.44. The van der Waals surface area contributed by atoms with Gasteiger partial charge in [-0.3, -0.25) is 4.79 Å². The summed E-state index contributed by atoms with van der Waals surface area (Å²) in [6.07, 6.45) is -3.38. The zero-order valence-electron chi connectivity index (χ0n) is 13.7. The molecule has 8 heteroatoms. The maximum absolute atomic E-state index is 12.7. The number of benzene rings is 2. The number of carbonyl (C=O) groups is 1. The second kappa shape index (κ2) is 7.61. The third kappa shape index (κ3) is 4.77. The van der Waals surface area contributed by atoms with E-state index in [-0.39, 0.29) is 11.3 Å². The zero-order chi connectivity index (χ0) is 19.3. The summed E-state index contributed by atoms with van der Waals surface area (Å²) < 4.78 is 38.1. The van der Waals surface area contributed by atoms with Crippen LogP contribution >= 0.6 is 0 Å². The lowest BCUT2D eigenvalue weighted by atomic mass is 10.2. The van der Waals surface area contributed by atoms with Gasteiger partial charge in [-0.05, 0) is 42.8 Å². The van der Waals surface area contributed by atoms with E-state index in [2.05, 4.69) is 10.6 Å². The Bertz CT molecular complexity index is 898. The van der Waals surface area contributed by atoms with Crippen molar-refractivity contribution in [2.75, 3.05) is 16.4 Å². The van der Waals surface area contributed by atoms with Gasteiger partial charge in [-0.25, -0.2) is 0 Å². The molecule has 2 rings (SSSR count). The molecule has 0 aliphatic heterocycles. The summed E-state index contributed by atoms with van der Waals surface area (Å²) in [5.74, 6) is -0.842. The Morgan fingerprint density at radius 3 is 2.62 bits per heavy atom. The first-order valence-corrected chi connectivity index (χ1v) is 7.42. The van der Waals surface area contributed by atoms with Gasteiger partial charge < -0.3 is 16.4 Å². The fraction of sp³-hybridized carbons (Fsp3) is 0.111. The molecule has 0 atom stereocenters. The maximum Gasteiger partial charge on any atom is 0.416 e. The SMILES string of the molecule is Cc1ccc(N)c(N/C=C(/C#N)C(=O)Nc2cccc(C(F)(F)F)c2)c1. The van der Waals surface area contributed by atoms with Crippen LogP contribution in [0, 0.1) is 18.3 Å². The lowest BCUT2D eigenvalue weighted by molar-refractivity contribution is -0.137. The van der Waals surface area contributed by atoms with E-state index in [1.807, 2.05) is 6.92 Å². The van der Waals surface area contributed by atoms with Crippen LogP contribution in [0.25, 0.3) is 0 Å². The Labute approximate surface area is 147 Å². The number of nitrogens with two attached hydrogens (primary N) is 1. The lowest BCUT2D eigenvalue weighted by Gasteiger charge is -2.10. The van der Waals surface area contributed by atoms with Gasteiger partial charge in [0.05, 0.1) is 16.9 Å². The van der Waals surface area contributed by atoms with Crippen molar-refractivity contribution < 1.29 is 18.0 Å². The van der Waals surface area contributed by atoms with Gasteiger partial charge in [0, 0.05) is 11.9 Å². The summed E-state index contributed by atoms with van der Waals surface area (Å²) in [5, 5.41) is 14.2. The van der Waals surface area contributed by atoms with Crippen molar-refractivity contribution in [1.82, 2.24) is 0 Å². The molecular weight excluding hydrogens is 345 g/mol. The molecule has 26 heavy (non-hydrogen) atoms. The molecule has 134 valence electrons. The van der Waals surface area contributed by atoms with Crippen molar-refractivity contribution in [1.29, 1.82) is 5.26 Å². The highest BCUT2D eigenvalue weighted by atomic mass is 19.4. The molecule has 0 heterocycles. The molecule has 0 radical (unpaired) electrons. The van der Waals surface area contributed by atoms with E-state index in [1.165, 1.54) is 12.1 Å². The first kappa shape index (κ1) is 18.9. The number of halogens is 3. The number of carbonyl (C=O) groups excluding carboxylic acids is 1. The predicted molar refractivity (Wildman–Crippen MR) is 93.0 cm³/mol. The molecule has 0 aliphatic carbocycles. The number of hydrogen-bond acceptors (Lipinski definition) is 4. The molecule has 2 aromatic carbocycles. The molecule has 0 unspecified atom stereocenters. The third-order valence-electron chi connectivity index (χ3n) is 3.39. The predicted octanol–water partition coefficient (Wildman–Crippen LogP) is 4.05. The molecule has 0 saturated heterocycles. The van der Waals surface area contributed by atoms with E-state index in [0.29, 0.717) is 11.4 Å². The Balaban J connectivity index is 2.16. The first-order valence-electron chi connectivity index (χ1n) is 7.42. The van der Waals surface area contributed by atoms with Crippen LogP contribution in [0.5, 0.6) is 0 Å². The first-order chi connectivity index (χ1) is 12.2.